The van der Waals surface area contributed by atoms with E-state index in [9.17, 15) is 0 Å². The van der Waals surface area contributed by atoms with Crippen LogP contribution in [-0.4, -0.2) is 63.6 Å². The first-order chi connectivity index (χ1) is 2.00. The maximum Gasteiger partial charge on any atom is 1.00 e. The molecule has 0 spiro atoms. The van der Waals surface area contributed by atoms with Crippen LogP contribution in [0.3, 0.4) is 0 Å². The molecule has 4 nitrogen and oxygen atoms in total. The van der Waals surface area contributed by atoms with Crippen molar-refractivity contribution in [3.05, 3.63) is 0 Å². The van der Waals surface area contributed by atoms with Crippen LogP contribution >= 0.6 is 0 Å². The average molecular weight is 227 g/mol. The fourth-order valence-electron chi connectivity index (χ4n) is 0. The Kier molecular flexibility index (Phi) is 49.2. The minimum Gasteiger partial charge on any atom is -0.759 e. The molecule has 0 heterocycles. The topological polar surface area (TPSA) is 80.3 Å². The minimum atomic E-state index is -5.17. The summed E-state index contributed by atoms with van der Waals surface area (Å²) in [5.74, 6) is 0. The fourth-order valence-corrected chi connectivity index (χ4v) is 0. The van der Waals surface area contributed by atoms with E-state index in [0.717, 1.165) is 0 Å². The maximum absolute atomic E-state index is 8.52. The Bertz CT molecular complexity index is 99.7. The average Bonchev–Trinajstić information content (AvgIpc) is 0.722. The van der Waals surface area contributed by atoms with Gasteiger partial charge in [-0.25, -0.2) is 0 Å². The molecule has 0 aliphatic heterocycles. The molecule has 0 aliphatic carbocycles. The summed E-state index contributed by atoms with van der Waals surface area (Å²) in [4.78, 5) is 0. The van der Waals surface area contributed by atoms with Gasteiger partial charge in [0, 0.05) is 10.4 Å². The van der Waals surface area contributed by atoms with Crippen LogP contribution in [0.5, 0.6) is 0 Å². The second-order valence-electron chi connectivity index (χ2n) is 0.408. The van der Waals surface area contributed by atoms with Crippen molar-refractivity contribution in [1.82, 2.24) is 0 Å². The minimum absolute atomic E-state index is 0. The van der Waals surface area contributed by atoms with Crippen molar-refractivity contribution in [2.75, 3.05) is 0 Å². The Morgan fingerprint density at radius 2 is 0.889 bits per heavy atom. The summed E-state index contributed by atoms with van der Waals surface area (Å²) >= 11 is 0. The second kappa shape index (κ2) is 15.2. The molecule has 0 aromatic rings. The van der Waals surface area contributed by atoms with Gasteiger partial charge < -0.3 is 9.11 Å². The van der Waals surface area contributed by atoms with Gasteiger partial charge in [-0.3, -0.25) is 8.42 Å². The molecule has 0 saturated heterocycles. The Morgan fingerprint density at radius 1 is 0.889 bits per heavy atom. The monoisotopic (exact) mass is 226 g/mol. The third kappa shape index (κ3) is 66.1. The Morgan fingerprint density at radius 3 is 0.889 bits per heavy atom. The third-order valence-electron chi connectivity index (χ3n) is 0. The summed E-state index contributed by atoms with van der Waals surface area (Å²) in [6.07, 6.45) is 0. The first kappa shape index (κ1) is 29.2. The molecule has 9 heavy (non-hydrogen) atoms. The predicted molar refractivity (Wildman–Crippen MR) is 27.6 cm³/mol. The molecule has 0 atom stereocenters. The van der Waals surface area contributed by atoms with Crippen LogP contribution in [0.15, 0.2) is 0 Å². The van der Waals surface area contributed by atoms with Gasteiger partial charge in [0.25, 0.3) is 0 Å². The van der Waals surface area contributed by atoms with Crippen LogP contribution in [0, 0.1) is 0 Å². The van der Waals surface area contributed by atoms with E-state index >= 15 is 0 Å². The van der Waals surface area contributed by atoms with E-state index < -0.39 is 10.4 Å². The predicted octanol–water partition coefficient (Wildman–Crippen LogP) is -9.16. The first-order valence-electron chi connectivity index (χ1n) is 0.667. The van der Waals surface area contributed by atoms with Gasteiger partial charge in [-0.1, -0.05) is 0 Å². The van der Waals surface area contributed by atoms with Gasteiger partial charge in [-0.05, 0) is 0 Å². The van der Waals surface area contributed by atoms with E-state index in [-0.39, 0.29) is 149 Å². The van der Waals surface area contributed by atoms with Crippen molar-refractivity contribution >= 4 is 56.5 Å². The van der Waals surface area contributed by atoms with E-state index in [1.54, 1.807) is 0 Å². The third-order valence-corrected chi connectivity index (χ3v) is 0. The van der Waals surface area contributed by atoms with Crippen molar-refractivity contribution in [3.63, 3.8) is 0 Å². The Balaban J connectivity index is -0.0000000133. The molecule has 40 valence electrons. The van der Waals surface area contributed by atoms with Crippen molar-refractivity contribution < 1.29 is 120 Å². The molecule has 0 radical (unpaired) electrons. The molecular formula is H4K2Mg2O4S. The zero-order chi connectivity index (χ0) is 4.50. The second-order valence-corrected chi connectivity index (χ2v) is 1.22. The zero-order valence-electron chi connectivity index (χ0n) is 4.04. The van der Waals surface area contributed by atoms with Gasteiger partial charge in [-0.2, -0.15) is 0 Å². The number of rotatable bonds is 0. The van der Waals surface area contributed by atoms with Crippen LogP contribution in [0.4, 0.5) is 0 Å². The van der Waals surface area contributed by atoms with Gasteiger partial charge in [-0.15, -0.1) is 0 Å². The van der Waals surface area contributed by atoms with E-state index in [4.69, 9.17) is 17.5 Å². The standard InChI is InChI=1S/2K.2Mg.H2O4S.4H/c;;;;1-5(2,3)4;;;;/h;;;;(H2,1,2,3,4);;;;/q2*+1;;;;;;;/p-2. The molecule has 0 rings (SSSR count). The van der Waals surface area contributed by atoms with Gasteiger partial charge in [0.05, 0.1) is 0 Å². The van der Waals surface area contributed by atoms with Gasteiger partial charge >= 0.3 is 149 Å². The van der Waals surface area contributed by atoms with Crippen molar-refractivity contribution in [2.24, 2.45) is 0 Å². The van der Waals surface area contributed by atoms with E-state index in [1.807, 2.05) is 0 Å². The zero-order valence-corrected chi connectivity index (χ0v) is 11.1. The maximum atomic E-state index is 8.52. The normalized spacial score (nSPS) is 6.44. The van der Waals surface area contributed by atoms with Crippen molar-refractivity contribution in [2.45, 2.75) is 0 Å². The van der Waals surface area contributed by atoms with Crippen LogP contribution in [0.1, 0.15) is 0 Å². The van der Waals surface area contributed by atoms with Crippen molar-refractivity contribution in [1.29, 1.82) is 0 Å². The van der Waals surface area contributed by atoms with Gasteiger partial charge in [0.15, 0.2) is 0 Å². The molecule has 0 N–H and O–H groups in total. The molecule has 0 aromatic heterocycles. The van der Waals surface area contributed by atoms with Crippen LogP contribution in [0.2, 0.25) is 0 Å². The molecule has 0 bridgehead atoms. The molecule has 9 heteroatoms. The number of hydrogen-bond donors (Lipinski definition) is 0. The summed E-state index contributed by atoms with van der Waals surface area (Å²) in [6.45, 7) is 0. The SMILES string of the molecule is O=S(=O)([O-])[O-].[K+].[K+].[MgH2].[MgH2]. The number of hydrogen-bond acceptors (Lipinski definition) is 4. The van der Waals surface area contributed by atoms with Crippen molar-refractivity contribution in [3.8, 4) is 0 Å². The molecule has 0 amide bonds. The molecule has 0 saturated carbocycles. The summed E-state index contributed by atoms with van der Waals surface area (Å²) < 4.78 is 34.1. The van der Waals surface area contributed by atoms with E-state index in [2.05, 4.69) is 0 Å². The molecular weight excluding hydrogens is 223 g/mol. The van der Waals surface area contributed by atoms with E-state index in [1.165, 1.54) is 0 Å². The van der Waals surface area contributed by atoms with E-state index in [0.29, 0.717) is 0 Å². The van der Waals surface area contributed by atoms with Crippen LogP contribution in [-0.2, 0) is 10.4 Å². The quantitative estimate of drug-likeness (QED) is 0.234. The summed E-state index contributed by atoms with van der Waals surface area (Å²) in [5.41, 5.74) is 0. The Labute approximate surface area is 171 Å². The molecule has 0 unspecified atom stereocenters. The smallest absolute Gasteiger partial charge is 0.759 e. The fraction of sp³-hybridized carbons (Fsp3) is 0. The molecule has 0 fully saturated rings. The van der Waals surface area contributed by atoms with Gasteiger partial charge in [0.2, 0.25) is 0 Å². The summed E-state index contributed by atoms with van der Waals surface area (Å²) in [7, 11) is -5.17. The first-order valence-corrected chi connectivity index (χ1v) is 2.00. The molecule has 0 aromatic carbocycles. The van der Waals surface area contributed by atoms with Crippen LogP contribution in [0.25, 0.3) is 0 Å². The van der Waals surface area contributed by atoms with Gasteiger partial charge in [0.1, 0.15) is 0 Å². The molecule has 0 aliphatic rings. The van der Waals surface area contributed by atoms with Crippen LogP contribution < -0.4 is 103 Å². The largest absolute Gasteiger partial charge is 1.00 e. The summed E-state index contributed by atoms with van der Waals surface area (Å²) in [6, 6.07) is 0. The Hall–Kier alpha value is 4.68. The summed E-state index contributed by atoms with van der Waals surface area (Å²) in [5, 5.41) is 0.